The summed E-state index contributed by atoms with van der Waals surface area (Å²) in [5.41, 5.74) is 4.57. The second kappa shape index (κ2) is 16.3. The van der Waals surface area contributed by atoms with Crippen molar-refractivity contribution in [3.05, 3.63) is 24.3 Å². The number of aromatic hydroxyl groups is 1. The first-order chi connectivity index (χ1) is 11.6. The molecule has 0 aliphatic carbocycles. The van der Waals surface area contributed by atoms with Gasteiger partial charge in [-0.2, -0.15) is 6.41 Å². The molecule has 4 N–H and O–H groups in total. The molecule has 1 aliphatic heterocycles. The van der Waals surface area contributed by atoms with Gasteiger partial charge < -0.3 is 35.1 Å². The average molecular weight is 430 g/mol. The zero-order valence-corrected chi connectivity index (χ0v) is 17.4. The number of para-hydroxylation sites is 2. The van der Waals surface area contributed by atoms with Gasteiger partial charge in [0.1, 0.15) is 12.7 Å². The Morgan fingerprint density at radius 2 is 2.04 bits per heavy atom. The minimum absolute atomic E-state index is 0. The van der Waals surface area contributed by atoms with Crippen LogP contribution in [0.3, 0.4) is 0 Å². The number of benzene rings is 1. The number of carbonyl (C=O) groups excluding carboxylic acids is 1. The number of aliphatic carboxylic acids is 1. The van der Waals surface area contributed by atoms with E-state index in [1.807, 2.05) is 20.3 Å². The molecule has 25 heavy (non-hydrogen) atoms. The molecule has 1 unspecified atom stereocenters. The molecule has 1 aromatic rings. The summed E-state index contributed by atoms with van der Waals surface area (Å²) < 4.78 is 10.9. The minimum Gasteiger partial charge on any atom is -0.520 e. The number of carboxylic acid groups (broad SMARTS) is 1. The molecule has 8 nitrogen and oxygen atoms in total. The van der Waals surface area contributed by atoms with Gasteiger partial charge >= 0.3 is 5.97 Å². The zero-order chi connectivity index (χ0) is 18.4. The Labute approximate surface area is 173 Å². The molecule has 0 saturated carbocycles. The van der Waals surface area contributed by atoms with E-state index in [-0.39, 0.29) is 51.1 Å². The molecule has 9 heteroatoms. The van der Waals surface area contributed by atoms with Crippen molar-refractivity contribution in [2.24, 2.45) is 5.73 Å². The summed E-state index contributed by atoms with van der Waals surface area (Å²) in [6, 6.07) is 6.75. The topological polar surface area (TPSA) is 122 Å². The first-order valence-corrected chi connectivity index (χ1v) is 7.63. The van der Waals surface area contributed by atoms with Crippen LogP contribution in [0.25, 0.3) is 0 Å². The standard InChI is InChI=1S/C12H14NO4.C2H5NO2.C2H6.Y/c14-9-13-5-6-16-10(7-13)8-17-12-4-2-1-3-11(12)15;3-1-2(4)5;1-2;/h1-4,10,15H,5-8H2;1,3H2,(H,4,5);1-2H3;/q-1;;;. The van der Waals surface area contributed by atoms with Crippen LogP contribution in [0.1, 0.15) is 13.8 Å². The number of nitrogens with two attached hydrogens (primary N) is 1. The Morgan fingerprint density at radius 3 is 2.56 bits per heavy atom. The number of phenolic OH excluding ortho intramolecular Hbond substituents is 1. The summed E-state index contributed by atoms with van der Waals surface area (Å²) in [6.45, 7) is 5.55. The Morgan fingerprint density at radius 1 is 1.44 bits per heavy atom. The third-order valence-corrected chi connectivity index (χ3v) is 2.73. The van der Waals surface area contributed by atoms with Gasteiger partial charge in [-0.1, -0.05) is 26.0 Å². The number of morpholine rings is 1. The van der Waals surface area contributed by atoms with Crippen LogP contribution in [0.15, 0.2) is 24.3 Å². The van der Waals surface area contributed by atoms with Gasteiger partial charge in [-0.3, -0.25) is 4.79 Å². The predicted molar refractivity (Wildman–Crippen MR) is 88.6 cm³/mol. The van der Waals surface area contributed by atoms with Crippen LogP contribution in [-0.4, -0.2) is 66.4 Å². The Bertz CT molecular complexity index is 489. The molecule has 1 fully saturated rings. The second-order valence-electron chi connectivity index (χ2n) is 4.41. The van der Waals surface area contributed by atoms with E-state index in [0.717, 1.165) is 0 Å². The molecule has 1 amide bonds. The van der Waals surface area contributed by atoms with Gasteiger partial charge in [0.2, 0.25) is 0 Å². The fourth-order valence-corrected chi connectivity index (χ4v) is 1.67. The molecule has 0 spiro atoms. The fourth-order valence-electron chi connectivity index (χ4n) is 1.67. The van der Waals surface area contributed by atoms with E-state index in [2.05, 4.69) is 5.73 Å². The van der Waals surface area contributed by atoms with E-state index in [1.54, 1.807) is 24.3 Å². The van der Waals surface area contributed by atoms with Gasteiger partial charge in [0.15, 0.2) is 11.5 Å². The predicted octanol–water partition coefficient (Wildman–Crippen LogP) is 0.592. The molecule has 1 aliphatic rings. The third-order valence-electron chi connectivity index (χ3n) is 2.73. The van der Waals surface area contributed by atoms with Gasteiger partial charge in [0.25, 0.3) is 0 Å². The molecule has 1 heterocycles. The summed E-state index contributed by atoms with van der Waals surface area (Å²) in [4.78, 5) is 21.3. The normalized spacial score (nSPS) is 15.3. The number of carbonyl (C=O) groups is 1. The van der Waals surface area contributed by atoms with Crippen LogP contribution in [0.2, 0.25) is 0 Å². The zero-order valence-electron chi connectivity index (χ0n) is 14.6. The van der Waals surface area contributed by atoms with E-state index in [4.69, 9.17) is 14.6 Å². The van der Waals surface area contributed by atoms with Crippen LogP contribution in [0, 0.1) is 0 Å². The van der Waals surface area contributed by atoms with Crippen molar-refractivity contribution in [2.75, 3.05) is 32.8 Å². The van der Waals surface area contributed by atoms with E-state index < -0.39 is 5.97 Å². The van der Waals surface area contributed by atoms with E-state index in [9.17, 15) is 14.7 Å². The van der Waals surface area contributed by atoms with Gasteiger partial charge in [0, 0.05) is 45.8 Å². The average Bonchev–Trinajstić information content (AvgIpc) is 2.63. The first kappa shape index (κ1) is 26.0. The minimum atomic E-state index is -0.968. The molecule has 2 rings (SSSR count). The van der Waals surface area contributed by atoms with Gasteiger partial charge in [-0.05, 0) is 12.1 Å². The van der Waals surface area contributed by atoms with Crippen LogP contribution in [-0.2, 0) is 47.0 Å². The first-order valence-electron chi connectivity index (χ1n) is 7.63. The fraction of sp³-hybridized carbons (Fsp3) is 0.500. The number of hydrogen-bond acceptors (Lipinski definition) is 6. The molecule has 0 bridgehead atoms. The maximum absolute atomic E-state index is 10.5. The molecular weight excluding hydrogens is 405 g/mol. The summed E-state index contributed by atoms with van der Waals surface area (Å²) in [6.07, 6.45) is 1.67. The molecule has 1 atom stereocenters. The number of amides is 1. The van der Waals surface area contributed by atoms with Crippen LogP contribution in [0.5, 0.6) is 11.5 Å². The third kappa shape index (κ3) is 11.9. The molecule has 0 aromatic heterocycles. The summed E-state index contributed by atoms with van der Waals surface area (Å²) in [5, 5.41) is 17.1. The number of carboxylic acids is 1. The molecule has 1 aromatic carbocycles. The number of hydrogen-bond donors (Lipinski definition) is 3. The summed E-state index contributed by atoms with van der Waals surface area (Å²) in [7, 11) is 0. The monoisotopic (exact) mass is 430 g/mol. The van der Waals surface area contributed by atoms with E-state index >= 15 is 0 Å². The Kier molecular flexibility index (Phi) is 16.9. The molecule has 1 saturated heterocycles. The quantitative estimate of drug-likeness (QED) is 0.585. The van der Waals surface area contributed by atoms with Crippen molar-refractivity contribution in [3.8, 4) is 11.5 Å². The Balaban J connectivity index is 0. The molecule has 1 radical (unpaired) electrons. The largest absolute Gasteiger partial charge is 0.520 e. The number of nitrogens with zero attached hydrogens (tertiary/aromatic N) is 1. The summed E-state index contributed by atoms with van der Waals surface area (Å²) in [5.74, 6) is -0.449. The van der Waals surface area contributed by atoms with E-state index in [1.165, 1.54) is 4.90 Å². The van der Waals surface area contributed by atoms with Crippen molar-refractivity contribution in [3.63, 3.8) is 0 Å². The van der Waals surface area contributed by atoms with Crippen molar-refractivity contribution in [2.45, 2.75) is 20.0 Å². The maximum Gasteiger partial charge on any atom is 0.317 e. The van der Waals surface area contributed by atoms with Crippen LogP contribution in [0.4, 0.5) is 0 Å². The summed E-state index contributed by atoms with van der Waals surface area (Å²) >= 11 is 0. The van der Waals surface area contributed by atoms with Gasteiger partial charge in [0.05, 0.1) is 13.2 Å². The SMILES string of the molecule is CC.NCC(=O)O.O=[C-]N1CCOC(COc2ccccc2O)C1.[Y]. The molecule has 139 valence electrons. The smallest absolute Gasteiger partial charge is 0.317 e. The Hall–Kier alpha value is -1.22. The van der Waals surface area contributed by atoms with Crippen molar-refractivity contribution >= 4 is 12.4 Å². The van der Waals surface area contributed by atoms with Crippen molar-refractivity contribution in [1.29, 1.82) is 0 Å². The number of rotatable bonds is 5. The van der Waals surface area contributed by atoms with Crippen LogP contribution < -0.4 is 10.5 Å². The number of phenols is 1. The van der Waals surface area contributed by atoms with Crippen molar-refractivity contribution < 1.29 is 62.0 Å². The van der Waals surface area contributed by atoms with E-state index in [0.29, 0.717) is 32.1 Å². The second-order valence-corrected chi connectivity index (χ2v) is 4.41. The molecular formula is C16H25N2O6Y-. The van der Waals surface area contributed by atoms with Gasteiger partial charge in [-0.15, -0.1) is 0 Å². The van der Waals surface area contributed by atoms with Gasteiger partial charge in [-0.25, -0.2) is 0 Å². The van der Waals surface area contributed by atoms with Crippen LogP contribution >= 0.6 is 0 Å². The van der Waals surface area contributed by atoms with Crippen molar-refractivity contribution in [1.82, 2.24) is 4.90 Å². The number of ether oxygens (including phenoxy) is 2. The maximum atomic E-state index is 10.5.